The maximum atomic E-state index is 6.94. The van der Waals surface area contributed by atoms with E-state index in [0.717, 1.165) is 55.0 Å². The largest absolute Gasteiger partial charge is 0.456 e. The highest BCUT2D eigenvalue weighted by molar-refractivity contribution is 6.28. The summed E-state index contributed by atoms with van der Waals surface area (Å²) in [6.07, 6.45) is 0. The third-order valence-corrected chi connectivity index (χ3v) is 10.00. The maximum Gasteiger partial charge on any atom is 0.143 e. The van der Waals surface area contributed by atoms with Crippen LogP contribution in [0.4, 0.5) is 0 Å². The molecule has 212 valence electrons. The fourth-order valence-corrected chi connectivity index (χ4v) is 7.97. The fraction of sp³-hybridized carbons (Fsp3) is 0. The van der Waals surface area contributed by atoms with Gasteiger partial charge < -0.3 is 8.83 Å². The molecular formula is C44H24O2. The highest BCUT2D eigenvalue weighted by atomic mass is 16.3. The van der Waals surface area contributed by atoms with Crippen LogP contribution in [0.3, 0.4) is 0 Å². The Morgan fingerprint density at radius 1 is 0.283 bits per heavy atom. The molecule has 46 heavy (non-hydrogen) atoms. The van der Waals surface area contributed by atoms with E-state index < -0.39 is 0 Å². The predicted octanol–water partition coefficient (Wildman–Crippen LogP) is 12.9. The topological polar surface area (TPSA) is 26.3 Å². The molecule has 2 heterocycles. The van der Waals surface area contributed by atoms with Gasteiger partial charge in [-0.05, 0) is 90.1 Å². The molecule has 0 N–H and O–H groups in total. The Kier molecular flexibility index (Phi) is 4.61. The molecule has 0 aliphatic rings. The van der Waals surface area contributed by atoms with Gasteiger partial charge in [0.15, 0.2) is 0 Å². The molecule has 0 radical (unpaired) electrons. The van der Waals surface area contributed by atoms with Gasteiger partial charge in [0, 0.05) is 27.1 Å². The first-order valence-corrected chi connectivity index (χ1v) is 15.8. The molecule has 9 aromatic carbocycles. The van der Waals surface area contributed by atoms with E-state index in [-0.39, 0.29) is 0 Å². The molecule has 2 heteroatoms. The molecule has 0 bridgehead atoms. The van der Waals surface area contributed by atoms with E-state index in [1.165, 1.54) is 54.2 Å². The summed E-state index contributed by atoms with van der Waals surface area (Å²) < 4.78 is 13.2. The standard InChI is InChI=1S/C44H24O2/c1-2-8-29-24-39-36(23-28(29)7-1)43-33(30-19-17-27-16-15-25-9-5-10-26-18-20-32(30)41(27)40(25)26)21-22-34(44(43)46-39)31-12-6-14-38-42(31)35-11-3-4-13-37(35)45-38/h1-24H. The monoisotopic (exact) mass is 584 g/mol. The van der Waals surface area contributed by atoms with Crippen LogP contribution in [0.25, 0.3) is 109 Å². The zero-order valence-corrected chi connectivity index (χ0v) is 24.7. The minimum atomic E-state index is 0.879. The molecule has 0 saturated carbocycles. The second-order valence-corrected chi connectivity index (χ2v) is 12.4. The molecule has 0 aliphatic carbocycles. The van der Waals surface area contributed by atoms with Gasteiger partial charge in [0.1, 0.15) is 22.3 Å². The summed E-state index contributed by atoms with van der Waals surface area (Å²) in [4.78, 5) is 0. The Labute approximate surface area is 263 Å². The van der Waals surface area contributed by atoms with Gasteiger partial charge in [0.25, 0.3) is 0 Å². The Hall–Kier alpha value is -6.12. The summed E-state index contributed by atoms with van der Waals surface area (Å²) in [6.45, 7) is 0. The first-order chi connectivity index (χ1) is 22.8. The van der Waals surface area contributed by atoms with Crippen molar-refractivity contribution in [1.29, 1.82) is 0 Å². The summed E-state index contributed by atoms with van der Waals surface area (Å²) in [5.41, 5.74) is 8.12. The van der Waals surface area contributed by atoms with Crippen molar-refractivity contribution in [3.63, 3.8) is 0 Å². The van der Waals surface area contributed by atoms with E-state index in [4.69, 9.17) is 8.83 Å². The number of para-hydroxylation sites is 1. The summed E-state index contributed by atoms with van der Waals surface area (Å²) in [5, 5.41) is 14.6. The van der Waals surface area contributed by atoms with E-state index >= 15 is 0 Å². The van der Waals surface area contributed by atoms with Crippen molar-refractivity contribution in [3.8, 4) is 22.3 Å². The molecular weight excluding hydrogens is 560 g/mol. The van der Waals surface area contributed by atoms with Crippen LogP contribution in [0.1, 0.15) is 0 Å². The summed E-state index contributed by atoms with van der Waals surface area (Å²) >= 11 is 0. The predicted molar refractivity (Wildman–Crippen MR) is 193 cm³/mol. The third kappa shape index (κ3) is 3.15. The normalized spacial score (nSPS) is 12.3. The molecule has 2 nitrogen and oxygen atoms in total. The van der Waals surface area contributed by atoms with Crippen LogP contribution in [0.15, 0.2) is 154 Å². The Balaban J connectivity index is 1.30. The van der Waals surface area contributed by atoms with Crippen LogP contribution < -0.4 is 0 Å². The highest BCUT2D eigenvalue weighted by Gasteiger charge is 2.22. The van der Waals surface area contributed by atoms with Crippen LogP contribution in [0, 0.1) is 0 Å². The number of furan rings is 2. The van der Waals surface area contributed by atoms with Crippen molar-refractivity contribution in [2.45, 2.75) is 0 Å². The summed E-state index contributed by atoms with van der Waals surface area (Å²) in [6, 6.07) is 52.4. The Bertz CT molecular complexity index is 3010. The summed E-state index contributed by atoms with van der Waals surface area (Å²) in [7, 11) is 0. The molecule has 0 amide bonds. The van der Waals surface area contributed by atoms with Crippen molar-refractivity contribution in [2.24, 2.45) is 0 Å². The van der Waals surface area contributed by atoms with Crippen molar-refractivity contribution < 1.29 is 8.83 Å². The Morgan fingerprint density at radius 3 is 1.80 bits per heavy atom. The first-order valence-electron chi connectivity index (χ1n) is 15.8. The van der Waals surface area contributed by atoms with Gasteiger partial charge >= 0.3 is 0 Å². The van der Waals surface area contributed by atoms with Crippen LogP contribution in [0.5, 0.6) is 0 Å². The average molecular weight is 585 g/mol. The van der Waals surface area contributed by atoms with Gasteiger partial charge in [-0.3, -0.25) is 0 Å². The van der Waals surface area contributed by atoms with Crippen molar-refractivity contribution >= 4 is 87.0 Å². The second kappa shape index (κ2) is 8.74. The lowest BCUT2D eigenvalue weighted by molar-refractivity contribution is 0.669. The SMILES string of the molecule is c1ccc2cc3c(cc2c1)oc1c(-c2cccc4oc5ccccc5c24)ccc(-c2ccc4ccc5cccc6ccc2c4c56)c13. The highest BCUT2D eigenvalue weighted by Crippen LogP contribution is 2.48. The van der Waals surface area contributed by atoms with E-state index in [9.17, 15) is 0 Å². The first kappa shape index (κ1) is 24.2. The fourth-order valence-electron chi connectivity index (χ4n) is 7.97. The van der Waals surface area contributed by atoms with E-state index in [2.05, 4.69) is 133 Å². The van der Waals surface area contributed by atoms with Crippen LogP contribution >= 0.6 is 0 Å². The summed E-state index contributed by atoms with van der Waals surface area (Å²) in [5.74, 6) is 0. The quantitative estimate of drug-likeness (QED) is 0.189. The Morgan fingerprint density at radius 2 is 0.913 bits per heavy atom. The van der Waals surface area contributed by atoms with Crippen LogP contribution in [-0.2, 0) is 0 Å². The molecule has 11 aromatic rings. The number of benzene rings is 9. The molecule has 0 atom stereocenters. The maximum absolute atomic E-state index is 6.94. The molecule has 0 aliphatic heterocycles. The van der Waals surface area contributed by atoms with Gasteiger partial charge in [-0.15, -0.1) is 0 Å². The molecule has 0 saturated heterocycles. The lowest BCUT2D eigenvalue weighted by atomic mass is 9.87. The third-order valence-electron chi connectivity index (χ3n) is 10.00. The van der Waals surface area contributed by atoms with E-state index in [1.807, 2.05) is 12.1 Å². The van der Waals surface area contributed by atoms with Crippen LogP contribution in [0.2, 0.25) is 0 Å². The zero-order valence-electron chi connectivity index (χ0n) is 24.7. The van der Waals surface area contributed by atoms with Gasteiger partial charge in [-0.1, -0.05) is 115 Å². The van der Waals surface area contributed by atoms with Gasteiger partial charge in [0.05, 0.1) is 0 Å². The number of hydrogen-bond donors (Lipinski definition) is 0. The van der Waals surface area contributed by atoms with Crippen molar-refractivity contribution in [3.05, 3.63) is 146 Å². The average Bonchev–Trinajstić information content (AvgIpc) is 3.68. The zero-order chi connectivity index (χ0) is 29.9. The van der Waals surface area contributed by atoms with Crippen molar-refractivity contribution in [2.75, 3.05) is 0 Å². The number of rotatable bonds is 2. The smallest absolute Gasteiger partial charge is 0.143 e. The molecule has 0 spiro atoms. The molecule has 2 aromatic heterocycles. The van der Waals surface area contributed by atoms with Crippen LogP contribution in [-0.4, -0.2) is 0 Å². The second-order valence-electron chi connectivity index (χ2n) is 12.4. The lowest BCUT2D eigenvalue weighted by Crippen LogP contribution is -1.89. The molecule has 11 rings (SSSR count). The van der Waals surface area contributed by atoms with Crippen molar-refractivity contribution in [1.82, 2.24) is 0 Å². The van der Waals surface area contributed by atoms with Gasteiger partial charge in [-0.2, -0.15) is 0 Å². The number of hydrogen-bond acceptors (Lipinski definition) is 2. The van der Waals surface area contributed by atoms with Gasteiger partial charge in [-0.25, -0.2) is 0 Å². The van der Waals surface area contributed by atoms with E-state index in [0.29, 0.717) is 0 Å². The van der Waals surface area contributed by atoms with Gasteiger partial charge in [0.2, 0.25) is 0 Å². The molecule has 0 unspecified atom stereocenters. The molecule has 0 fully saturated rings. The van der Waals surface area contributed by atoms with E-state index in [1.54, 1.807) is 0 Å². The lowest BCUT2D eigenvalue weighted by Gasteiger charge is -2.15. The number of fused-ring (bicyclic) bond motifs is 7. The minimum Gasteiger partial charge on any atom is -0.456 e. The minimum absolute atomic E-state index is 0.879.